The van der Waals surface area contributed by atoms with E-state index in [9.17, 15) is 4.79 Å². The molecular weight excluding hydrogens is 346 g/mol. The van der Waals surface area contributed by atoms with Crippen LogP contribution in [-0.2, 0) is 22.7 Å². The molecule has 0 unspecified atom stereocenters. The van der Waals surface area contributed by atoms with Crippen LogP contribution < -0.4 is 5.73 Å². The van der Waals surface area contributed by atoms with Crippen molar-refractivity contribution in [3.8, 4) is 0 Å². The van der Waals surface area contributed by atoms with Gasteiger partial charge in [-0.25, -0.2) is 4.79 Å². The van der Waals surface area contributed by atoms with Crippen molar-refractivity contribution in [2.75, 3.05) is 20.2 Å². The fourth-order valence-corrected chi connectivity index (χ4v) is 3.16. The predicted octanol–water partition coefficient (Wildman–Crippen LogP) is 2.89. The number of carbonyl (C=O) groups is 1. The average molecular weight is 371 g/mol. The van der Waals surface area contributed by atoms with Crippen molar-refractivity contribution in [2.45, 2.75) is 32.4 Å². The number of hydrogen-bond donors (Lipinski definition) is 1. The molecule has 1 fully saturated rings. The number of ether oxygens (including phenoxy) is 1. The topological polar surface area (TPSA) is 90.3 Å². The number of hydrogen-bond acceptors (Lipinski definition) is 6. The van der Waals surface area contributed by atoms with Crippen LogP contribution in [0.15, 0.2) is 46.2 Å². The molecule has 1 aliphatic heterocycles. The number of piperidine rings is 1. The van der Waals surface area contributed by atoms with Gasteiger partial charge in [-0.05, 0) is 43.6 Å². The van der Waals surface area contributed by atoms with Crippen LogP contribution in [0.25, 0.3) is 0 Å². The zero-order valence-corrected chi connectivity index (χ0v) is 15.5. The van der Waals surface area contributed by atoms with E-state index in [0.717, 1.165) is 25.2 Å². The quantitative estimate of drug-likeness (QED) is 0.348. The van der Waals surface area contributed by atoms with E-state index in [4.69, 9.17) is 15.0 Å². The van der Waals surface area contributed by atoms with Crippen LogP contribution in [-0.4, -0.2) is 36.9 Å². The van der Waals surface area contributed by atoms with Crippen molar-refractivity contribution in [1.29, 1.82) is 0 Å². The molecule has 27 heavy (non-hydrogen) atoms. The van der Waals surface area contributed by atoms with Gasteiger partial charge in [-0.3, -0.25) is 4.90 Å². The first-order valence-electron chi connectivity index (χ1n) is 9.09. The van der Waals surface area contributed by atoms with Crippen LogP contribution in [0, 0.1) is 0 Å². The van der Waals surface area contributed by atoms with Crippen molar-refractivity contribution in [2.24, 2.45) is 10.9 Å². The lowest BCUT2D eigenvalue weighted by Crippen LogP contribution is -2.29. The summed E-state index contributed by atoms with van der Waals surface area (Å²) in [6.45, 7) is 3.19. The second-order valence-corrected chi connectivity index (χ2v) is 6.54. The number of furan rings is 1. The van der Waals surface area contributed by atoms with Crippen molar-refractivity contribution < 1.29 is 18.8 Å². The van der Waals surface area contributed by atoms with Crippen molar-refractivity contribution in [3.05, 3.63) is 59.0 Å². The fraction of sp³-hybridized carbons (Fsp3) is 0.400. The van der Waals surface area contributed by atoms with Gasteiger partial charge in [-0.2, -0.15) is 0 Å². The summed E-state index contributed by atoms with van der Waals surface area (Å²) in [6.07, 6.45) is 5.25. The molecule has 0 bridgehead atoms. The minimum Gasteiger partial charge on any atom is -0.465 e. The first-order chi connectivity index (χ1) is 13.2. The van der Waals surface area contributed by atoms with E-state index in [-0.39, 0.29) is 12.4 Å². The Morgan fingerprint density at radius 3 is 2.85 bits per heavy atom. The number of benzene rings is 1. The Morgan fingerprint density at radius 1 is 1.26 bits per heavy atom. The van der Waals surface area contributed by atoms with Gasteiger partial charge in [-0.1, -0.05) is 29.8 Å². The molecule has 2 N–H and O–H groups in total. The summed E-state index contributed by atoms with van der Waals surface area (Å²) >= 11 is 0. The Kier molecular flexibility index (Phi) is 6.49. The molecule has 0 amide bonds. The first kappa shape index (κ1) is 19.0. The third-order valence-electron chi connectivity index (χ3n) is 4.59. The molecule has 7 nitrogen and oxygen atoms in total. The van der Waals surface area contributed by atoms with E-state index < -0.39 is 5.97 Å². The number of likely N-dealkylation sites (tertiary alicyclic amines) is 1. The number of methoxy groups -OCH3 is 1. The van der Waals surface area contributed by atoms with Gasteiger partial charge >= 0.3 is 5.97 Å². The Balaban J connectivity index is 1.60. The van der Waals surface area contributed by atoms with Gasteiger partial charge < -0.3 is 19.7 Å². The summed E-state index contributed by atoms with van der Waals surface area (Å²) in [4.78, 5) is 19.3. The molecule has 1 saturated heterocycles. The molecule has 3 rings (SSSR count). The normalized spacial score (nSPS) is 15.5. The third-order valence-corrected chi connectivity index (χ3v) is 4.59. The average Bonchev–Trinajstić information content (AvgIpc) is 3.17. The standard InChI is InChI=1S/C20H25N3O4/c1-25-20(24)17-8-11-26-18(17)14-27-22-19(21)16-7-5-6-15(12-16)13-23-9-3-2-4-10-23/h5-8,11-12H,2-4,9-10,13-14H2,1H3,(H2,21,22). The van der Waals surface area contributed by atoms with Gasteiger partial charge in [0.1, 0.15) is 5.56 Å². The largest absolute Gasteiger partial charge is 0.465 e. The highest BCUT2D eigenvalue weighted by molar-refractivity contribution is 5.97. The monoisotopic (exact) mass is 371 g/mol. The van der Waals surface area contributed by atoms with Crippen LogP contribution in [0.5, 0.6) is 0 Å². The van der Waals surface area contributed by atoms with Crippen LogP contribution >= 0.6 is 0 Å². The summed E-state index contributed by atoms with van der Waals surface area (Å²) in [6, 6.07) is 9.52. The minimum atomic E-state index is -0.482. The molecule has 1 aliphatic rings. The second kappa shape index (κ2) is 9.23. The Morgan fingerprint density at radius 2 is 2.07 bits per heavy atom. The lowest BCUT2D eigenvalue weighted by molar-refractivity contribution is 0.0587. The zero-order chi connectivity index (χ0) is 19.1. The SMILES string of the molecule is COC(=O)c1ccoc1CO/N=C(/N)c1cccc(CN2CCCCC2)c1. The highest BCUT2D eigenvalue weighted by atomic mass is 16.6. The van der Waals surface area contributed by atoms with E-state index in [0.29, 0.717) is 11.3 Å². The maximum atomic E-state index is 11.6. The van der Waals surface area contributed by atoms with Crippen molar-refractivity contribution >= 4 is 11.8 Å². The predicted molar refractivity (Wildman–Crippen MR) is 101 cm³/mol. The number of rotatable bonds is 7. The van der Waals surface area contributed by atoms with Crippen LogP contribution in [0.2, 0.25) is 0 Å². The molecule has 0 radical (unpaired) electrons. The molecule has 2 heterocycles. The molecule has 0 aliphatic carbocycles. The summed E-state index contributed by atoms with van der Waals surface area (Å²) in [7, 11) is 1.31. The summed E-state index contributed by atoms with van der Waals surface area (Å²) in [5.74, 6) is 0.142. The van der Waals surface area contributed by atoms with Crippen LogP contribution in [0.3, 0.4) is 0 Å². The number of carbonyl (C=O) groups excluding carboxylic acids is 1. The number of oxime groups is 1. The lowest BCUT2D eigenvalue weighted by atomic mass is 10.1. The van der Waals surface area contributed by atoms with Gasteiger partial charge in [0.2, 0.25) is 0 Å². The van der Waals surface area contributed by atoms with E-state index in [2.05, 4.69) is 20.9 Å². The summed E-state index contributed by atoms with van der Waals surface area (Å²) in [5.41, 5.74) is 8.37. The third kappa shape index (κ3) is 5.10. The molecule has 0 atom stereocenters. The molecule has 144 valence electrons. The number of nitrogens with zero attached hydrogens (tertiary/aromatic N) is 2. The summed E-state index contributed by atoms with van der Waals surface area (Å²) in [5, 5.41) is 3.95. The number of amidine groups is 1. The Labute approximate surface area is 158 Å². The second-order valence-electron chi connectivity index (χ2n) is 6.54. The summed E-state index contributed by atoms with van der Waals surface area (Å²) < 4.78 is 9.93. The number of nitrogens with two attached hydrogens (primary N) is 1. The molecule has 2 aromatic rings. The Bertz CT molecular complexity index is 794. The number of esters is 1. The van der Waals surface area contributed by atoms with Crippen molar-refractivity contribution in [3.63, 3.8) is 0 Å². The fourth-order valence-electron chi connectivity index (χ4n) is 3.16. The van der Waals surface area contributed by atoms with E-state index >= 15 is 0 Å². The van der Waals surface area contributed by atoms with Gasteiger partial charge in [-0.15, -0.1) is 0 Å². The van der Waals surface area contributed by atoms with Crippen molar-refractivity contribution in [1.82, 2.24) is 4.90 Å². The van der Waals surface area contributed by atoms with Gasteiger partial charge in [0.15, 0.2) is 18.2 Å². The molecule has 7 heteroatoms. The Hall–Kier alpha value is -2.80. The molecular formula is C20H25N3O4. The van der Waals surface area contributed by atoms with Crippen LogP contribution in [0.4, 0.5) is 0 Å². The lowest BCUT2D eigenvalue weighted by Gasteiger charge is -2.26. The smallest absolute Gasteiger partial charge is 0.341 e. The van der Waals surface area contributed by atoms with Gasteiger partial charge in [0, 0.05) is 12.1 Å². The van der Waals surface area contributed by atoms with Gasteiger partial charge in [0.05, 0.1) is 13.4 Å². The first-order valence-corrected chi connectivity index (χ1v) is 9.09. The molecule has 1 aromatic heterocycles. The molecule has 0 saturated carbocycles. The molecule has 0 spiro atoms. The zero-order valence-electron chi connectivity index (χ0n) is 15.5. The minimum absolute atomic E-state index is 0.00833. The van der Waals surface area contributed by atoms with E-state index in [1.54, 1.807) is 0 Å². The highest BCUT2D eigenvalue weighted by Gasteiger charge is 2.15. The maximum absolute atomic E-state index is 11.6. The highest BCUT2D eigenvalue weighted by Crippen LogP contribution is 2.15. The van der Waals surface area contributed by atoms with Crippen LogP contribution in [0.1, 0.15) is 46.5 Å². The van der Waals surface area contributed by atoms with E-state index in [1.807, 2.05) is 18.2 Å². The van der Waals surface area contributed by atoms with E-state index in [1.165, 1.54) is 44.3 Å². The van der Waals surface area contributed by atoms with Gasteiger partial charge in [0.25, 0.3) is 0 Å². The molecule has 1 aromatic carbocycles. The maximum Gasteiger partial charge on any atom is 0.341 e.